The van der Waals surface area contributed by atoms with E-state index in [9.17, 15) is 8.42 Å². The minimum absolute atomic E-state index is 0.130. The maximum Gasteiger partial charge on any atom is 0.244 e. The van der Waals surface area contributed by atoms with Crippen molar-refractivity contribution in [2.75, 3.05) is 14.2 Å². The molecule has 0 spiro atoms. The van der Waals surface area contributed by atoms with Crippen molar-refractivity contribution in [3.8, 4) is 11.5 Å². The fraction of sp³-hybridized carbons (Fsp3) is 0.333. The Morgan fingerprint density at radius 1 is 1.12 bits per heavy atom. The van der Waals surface area contributed by atoms with Crippen LogP contribution in [-0.2, 0) is 16.4 Å². The Kier molecular flexibility index (Phi) is 5.36. The minimum atomic E-state index is -3.72. The number of rotatable bonds is 5. The lowest BCUT2D eigenvalue weighted by molar-refractivity contribution is 0.401. The lowest BCUT2D eigenvalue weighted by Crippen LogP contribution is -2.31. The maximum atomic E-state index is 12.9. The summed E-state index contributed by atoms with van der Waals surface area (Å²) in [6, 6.07) is 10.5. The van der Waals surface area contributed by atoms with Gasteiger partial charge in [0.15, 0.2) is 0 Å². The van der Waals surface area contributed by atoms with Gasteiger partial charge in [-0.1, -0.05) is 22.0 Å². The Balaban J connectivity index is 1.94. The molecule has 0 unspecified atom stereocenters. The first-order valence-electron chi connectivity index (χ1n) is 7.97. The predicted molar refractivity (Wildman–Crippen MR) is 99.7 cm³/mol. The molecule has 1 aliphatic carbocycles. The van der Waals surface area contributed by atoms with Crippen LogP contribution >= 0.6 is 15.9 Å². The van der Waals surface area contributed by atoms with E-state index in [1.807, 2.05) is 18.2 Å². The fourth-order valence-electron chi connectivity index (χ4n) is 3.15. The van der Waals surface area contributed by atoms with Crippen LogP contribution in [0.1, 0.15) is 30.0 Å². The second kappa shape index (κ2) is 7.35. The van der Waals surface area contributed by atoms with Gasteiger partial charge in [0.2, 0.25) is 10.0 Å². The molecule has 0 heterocycles. The molecule has 1 atom stereocenters. The summed E-state index contributed by atoms with van der Waals surface area (Å²) in [5, 5.41) is 0. The van der Waals surface area contributed by atoms with Crippen LogP contribution in [0.5, 0.6) is 11.5 Å². The highest BCUT2D eigenvalue weighted by atomic mass is 79.9. The summed E-state index contributed by atoms with van der Waals surface area (Å²) in [5.74, 6) is 1.11. The number of hydrogen-bond acceptors (Lipinski definition) is 4. The number of benzene rings is 2. The van der Waals surface area contributed by atoms with E-state index in [0.29, 0.717) is 10.2 Å². The number of halogens is 1. The summed E-state index contributed by atoms with van der Waals surface area (Å²) in [7, 11) is -0.628. The van der Waals surface area contributed by atoms with Gasteiger partial charge in [0.05, 0.1) is 14.2 Å². The van der Waals surface area contributed by atoms with Crippen LogP contribution in [0.15, 0.2) is 45.8 Å². The maximum absolute atomic E-state index is 12.9. The zero-order valence-corrected chi connectivity index (χ0v) is 16.5. The number of hydrogen-bond donors (Lipinski definition) is 1. The number of aryl methyl sites for hydroxylation is 1. The molecule has 1 N–H and O–H groups in total. The minimum Gasteiger partial charge on any atom is -0.497 e. The molecule has 0 radical (unpaired) electrons. The van der Waals surface area contributed by atoms with Gasteiger partial charge in [0.1, 0.15) is 16.4 Å². The lowest BCUT2D eigenvalue weighted by atomic mass is 9.88. The topological polar surface area (TPSA) is 64.6 Å². The summed E-state index contributed by atoms with van der Waals surface area (Å²) in [6.07, 6.45) is 2.60. The number of ether oxygens (including phenoxy) is 2. The smallest absolute Gasteiger partial charge is 0.244 e. The second-order valence-corrected chi connectivity index (χ2v) is 8.52. The summed E-state index contributed by atoms with van der Waals surface area (Å²) in [4.78, 5) is 0.130. The highest BCUT2D eigenvalue weighted by molar-refractivity contribution is 9.10. The van der Waals surface area contributed by atoms with E-state index in [0.717, 1.165) is 36.1 Å². The number of methoxy groups -OCH3 is 2. The van der Waals surface area contributed by atoms with Crippen molar-refractivity contribution in [1.82, 2.24) is 4.72 Å². The molecule has 0 bridgehead atoms. The largest absolute Gasteiger partial charge is 0.497 e. The first-order chi connectivity index (χ1) is 11.9. The van der Waals surface area contributed by atoms with Crippen molar-refractivity contribution in [3.05, 3.63) is 52.0 Å². The highest BCUT2D eigenvalue weighted by Gasteiger charge is 2.28. The van der Waals surface area contributed by atoms with Crippen molar-refractivity contribution >= 4 is 26.0 Å². The highest BCUT2D eigenvalue weighted by Crippen LogP contribution is 2.34. The molecule has 0 aromatic heterocycles. The molecule has 5 nitrogen and oxygen atoms in total. The van der Waals surface area contributed by atoms with Gasteiger partial charge in [-0.3, -0.25) is 0 Å². The van der Waals surface area contributed by atoms with Crippen LogP contribution in [0.25, 0.3) is 0 Å². The van der Waals surface area contributed by atoms with Gasteiger partial charge in [0, 0.05) is 10.5 Å². The van der Waals surface area contributed by atoms with Crippen LogP contribution in [0, 0.1) is 0 Å². The molecular formula is C18H20BrNO4S. The molecule has 0 aliphatic heterocycles. The molecule has 0 saturated carbocycles. The van der Waals surface area contributed by atoms with Crippen LogP contribution in [-0.4, -0.2) is 22.6 Å². The Morgan fingerprint density at radius 2 is 1.92 bits per heavy atom. The van der Waals surface area contributed by atoms with E-state index in [1.54, 1.807) is 25.3 Å². The lowest BCUT2D eigenvalue weighted by Gasteiger charge is -2.27. The summed E-state index contributed by atoms with van der Waals surface area (Å²) < 4.78 is 39.9. The van der Waals surface area contributed by atoms with E-state index in [4.69, 9.17) is 9.47 Å². The summed E-state index contributed by atoms with van der Waals surface area (Å²) >= 11 is 3.32. The average Bonchev–Trinajstić information content (AvgIpc) is 2.61. The van der Waals surface area contributed by atoms with E-state index in [-0.39, 0.29) is 10.9 Å². The Hall–Kier alpha value is -1.57. The van der Waals surface area contributed by atoms with Crippen molar-refractivity contribution in [1.29, 1.82) is 0 Å². The third-order valence-corrected chi connectivity index (χ3v) is 6.36. The Labute approximate surface area is 156 Å². The van der Waals surface area contributed by atoms with Gasteiger partial charge in [-0.2, -0.15) is 0 Å². The summed E-state index contributed by atoms with van der Waals surface area (Å²) in [5.41, 5.74) is 2.13. The van der Waals surface area contributed by atoms with Gasteiger partial charge < -0.3 is 9.47 Å². The van der Waals surface area contributed by atoms with E-state index in [2.05, 4.69) is 20.7 Å². The Bertz CT molecular complexity index is 883. The molecule has 7 heteroatoms. The molecule has 0 fully saturated rings. The third-order valence-electron chi connectivity index (χ3n) is 4.38. The average molecular weight is 426 g/mol. The Morgan fingerprint density at radius 3 is 2.64 bits per heavy atom. The standard InChI is InChI=1S/C18H20BrNO4S/c1-23-14-7-8-15-12(10-14)4-3-5-16(15)20-25(21,22)18-11-13(19)6-9-17(18)24-2/h6-11,16,20H,3-5H2,1-2H3/t16-/m0/s1. The van der Waals surface area contributed by atoms with Gasteiger partial charge in [0.25, 0.3) is 0 Å². The third kappa shape index (κ3) is 3.83. The van der Waals surface area contributed by atoms with Crippen LogP contribution in [0.4, 0.5) is 0 Å². The van der Waals surface area contributed by atoms with Gasteiger partial charge >= 0.3 is 0 Å². The van der Waals surface area contributed by atoms with Gasteiger partial charge in [-0.25, -0.2) is 13.1 Å². The molecule has 2 aromatic rings. The fourth-order valence-corrected chi connectivity index (χ4v) is 5.11. The molecule has 3 rings (SSSR count). The van der Waals surface area contributed by atoms with Crippen molar-refractivity contribution in [2.45, 2.75) is 30.2 Å². The van der Waals surface area contributed by atoms with Crippen LogP contribution in [0.2, 0.25) is 0 Å². The second-order valence-electron chi connectivity index (χ2n) is 5.93. The first-order valence-corrected chi connectivity index (χ1v) is 10.2. The summed E-state index contributed by atoms with van der Waals surface area (Å²) in [6.45, 7) is 0. The first kappa shape index (κ1) is 18.2. The quantitative estimate of drug-likeness (QED) is 0.790. The molecular weight excluding hydrogens is 406 g/mol. The van der Waals surface area contributed by atoms with E-state index < -0.39 is 10.0 Å². The zero-order chi connectivity index (χ0) is 18.0. The molecule has 1 aliphatic rings. The predicted octanol–water partition coefficient (Wildman–Crippen LogP) is 3.82. The van der Waals surface area contributed by atoms with Crippen molar-refractivity contribution in [3.63, 3.8) is 0 Å². The van der Waals surface area contributed by atoms with E-state index in [1.165, 1.54) is 7.11 Å². The van der Waals surface area contributed by atoms with Gasteiger partial charge in [-0.05, 0) is 60.7 Å². The van der Waals surface area contributed by atoms with Crippen molar-refractivity contribution < 1.29 is 17.9 Å². The molecule has 0 amide bonds. The molecule has 25 heavy (non-hydrogen) atoms. The SMILES string of the molecule is COc1ccc2c(c1)CCC[C@@H]2NS(=O)(=O)c1cc(Br)ccc1OC. The number of fused-ring (bicyclic) bond motifs is 1. The zero-order valence-electron chi connectivity index (χ0n) is 14.1. The molecule has 0 saturated heterocycles. The number of nitrogens with one attached hydrogen (secondary N) is 1. The van der Waals surface area contributed by atoms with Crippen LogP contribution < -0.4 is 14.2 Å². The molecule has 2 aromatic carbocycles. The normalized spacial score (nSPS) is 17.0. The monoisotopic (exact) mass is 425 g/mol. The van der Waals surface area contributed by atoms with Crippen LogP contribution in [0.3, 0.4) is 0 Å². The van der Waals surface area contributed by atoms with Crippen molar-refractivity contribution in [2.24, 2.45) is 0 Å². The van der Waals surface area contributed by atoms with E-state index >= 15 is 0 Å². The van der Waals surface area contributed by atoms with Gasteiger partial charge in [-0.15, -0.1) is 0 Å². The number of sulfonamides is 1. The molecule has 134 valence electrons.